The summed E-state index contributed by atoms with van der Waals surface area (Å²) in [6, 6.07) is 1.89. The first kappa shape index (κ1) is 17.1. The summed E-state index contributed by atoms with van der Waals surface area (Å²) in [7, 11) is 0. The third-order valence-corrected chi connectivity index (χ3v) is 4.87. The van der Waals surface area contributed by atoms with Gasteiger partial charge in [-0.2, -0.15) is 26.3 Å². The third kappa shape index (κ3) is 3.23. The summed E-state index contributed by atoms with van der Waals surface area (Å²) >= 11 is 0. The monoisotopic (exact) mass is 367 g/mol. The highest BCUT2D eigenvalue weighted by molar-refractivity contribution is 5.33. The van der Waals surface area contributed by atoms with Gasteiger partial charge in [0.05, 0.1) is 31.1 Å². The first-order valence-electron chi connectivity index (χ1n) is 7.83. The second-order valence-electron chi connectivity index (χ2n) is 7.27. The van der Waals surface area contributed by atoms with Gasteiger partial charge in [-0.1, -0.05) is 0 Å². The molecule has 0 spiro atoms. The van der Waals surface area contributed by atoms with Gasteiger partial charge in [-0.15, -0.1) is 0 Å². The van der Waals surface area contributed by atoms with E-state index in [2.05, 4.69) is 14.7 Å². The van der Waals surface area contributed by atoms with Crippen LogP contribution in [0.2, 0.25) is 0 Å². The van der Waals surface area contributed by atoms with Crippen LogP contribution in [0.5, 0.6) is 0 Å². The number of nitrogens with zero attached hydrogens (tertiary/aromatic N) is 4. The van der Waals surface area contributed by atoms with E-state index in [0.717, 1.165) is 32.1 Å². The SMILES string of the molecule is FC(F)(F)c1cc(C[N+]23CN4CN(CN(C4)C2)C3)cc(C(F)(F)F)c1. The van der Waals surface area contributed by atoms with E-state index in [9.17, 15) is 26.3 Å². The van der Waals surface area contributed by atoms with Crippen LogP contribution in [0.3, 0.4) is 0 Å². The third-order valence-electron chi connectivity index (χ3n) is 4.87. The van der Waals surface area contributed by atoms with Gasteiger partial charge in [-0.3, -0.25) is 4.48 Å². The number of hydrogen-bond acceptors (Lipinski definition) is 3. The van der Waals surface area contributed by atoms with E-state index < -0.39 is 23.5 Å². The van der Waals surface area contributed by atoms with E-state index in [1.807, 2.05) is 0 Å². The zero-order valence-electron chi connectivity index (χ0n) is 13.2. The zero-order chi connectivity index (χ0) is 18.0. The standard InChI is InChI=1S/C15H17F6N4/c16-14(17,18)12-1-11(2-13(3-12)15(19,20)21)4-25-8-22-5-23(9-25)7-24(6-22)10-25/h1-3H,4-10H2/q+1. The van der Waals surface area contributed by atoms with Gasteiger partial charge in [-0.05, 0) is 18.2 Å². The van der Waals surface area contributed by atoms with E-state index in [4.69, 9.17) is 0 Å². The summed E-state index contributed by atoms with van der Waals surface area (Å²) < 4.78 is 78.7. The van der Waals surface area contributed by atoms with Gasteiger partial charge < -0.3 is 0 Å². The van der Waals surface area contributed by atoms with E-state index in [1.165, 1.54) is 0 Å². The molecular weight excluding hydrogens is 350 g/mol. The van der Waals surface area contributed by atoms with Crippen LogP contribution in [-0.4, -0.2) is 59.2 Å². The van der Waals surface area contributed by atoms with Crippen molar-refractivity contribution in [3.8, 4) is 0 Å². The lowest BCUT2D eigenvalue weighted by atomic mass is 10.0. The fraction of sp³-hybridized carbons (Fsp3) is 0.600. The van der Waals surface area contributed by atoms with E-state index in [0.29, 0.717) is 24.5 Å². The summed E-state index contributed by atoms with van der Waals surface area (Å²) in [4.78, 5) is 6.48. The maximum Gasteiger partial charge on any atom is 0.416 e. The van der Waals surface area contributed by atoms with Crippen LogP contribution in [-0.2, 0) is 18.9 Å². The van der Waals surface area contributed by atoms with Gasteiger partial charge in [0, 0.05) is 5.56 Å². The lowest BCUT2D eigenvalue weighted by molar-refractivity contribution is -0.991. The summed E-state index contributed by atoms with van der Waals surface area (Å²) in [5.74, 6) is 0. The Morgan fingerprint density at radius 1 is 0.720 bits per heavy atom. The Morgan fingerprint density at radius 2 is 1.12 bits per heavy atom. The number of hydrogen-bond donors (Lipinski definition) is 0. The first-order valence-corrected chi connectivity index (χ1v) is 7.83. The van der Waals surface area contributed by atoms with Crippen LogP contribution in [0.15, 0.2) is 18.2 Å². The van der Waals surface area contributed by atoms with Crippen LogP contribution in [0, 0.1) is 0 Å². The minimum atomic E-state index is -4.80. The summed E-state index contributed by atoms with van der Waals surface area (Å²) in [6.45, 7) is 4.48. The average molecular weight is 367 g/mol. The number of quaternary nitrogens is 1. The van der Waals surface area contributed by atoms with E-state index >= 15 is 0 Å². The van der Waals surface area contributed by atoms with Crippen molar-refractivity contribution in [3.63, 3.8) is 0 Å². The first-order chi connectivity index (χ1) is 11.5. The number of halogens is 6. The number of benzene rings is 1. The molecule has 0 radical (unpaired) electrons. The summed E-state index contributed by atoms with van der Waals surface area (Å²) in [6.07, 6.45) is -9.61. The van der Waals surface area contributed by atoms with Crippen LogP contribution < -0.4 is 0 Å². The van der Waals surface area contributed by atoms with Crippen LogP contribution >= 0.6 is 0 Å². The molecule has 0 aliphatic carbocycles. The van der Waals surface area contributed by atoms with Gasteiger partial charge >= 0.3 is 12.4 Å². The van der Waals surface area contributed by atoms with Crippen LogP contribution in [0.4, 0.5) is 26.3 Å². The van der Waals surface area contributed by atoms with Crippen molar-refractivity contribution in [1.29, 1.82) is 0 Å². The second kappa shape index (κ2) is 5.32. The molecule has 0 amide bonds. The normalized spacial score (nSPS) is 34.6. The maximum absolute atomic E-state index is 13.0. The molecule has 0 aromatic heterocycles. The molecule has 25 heavy (non-hydrogen) atoms. The van der Waals surface area contributed by atoms with Crippen molar-refractivity contribution < 1.29 is 30.8 Å². The Bertz CT molecular complexity index is 616. The molecule has 4 bridgehead atoms. The molecule has 4 aliphatic rings. The Kier molecular flexibility index (Phi) is 3.63. The van der Waals surface area contributed by atoms with Gasteiger partial charge in [0.1, 0.15) is 26.6 Å². The molecule has 4 nitrogen and oxygen atoms in total. The molecule has 0 unspecified atom stereocenters. The summed E-state index contributed by atoms with van der Waals surface area (Å²) in [5.41, 5.74) is -2.41. The average Bonchev–Trinajstić information content (AvgIpc) is 2.42. The van der Waals surface area contributed by atoms with E-state index in [1.54, 1.807) is 0 Å². The smallest absolute Gasteiger partial charge is 0.282 e. The predicted octanol–water partition coefficient (Wildman–Crippen LogP) is 2.73. The molecule has 4 aliphatic heterocycles. The molecule has 0 N–H and O–H groups in total. The molecule has 4 fully saturated rings. The van der Waals surface area contributed by atoms with Gasteiger partial charge in [0.25, 0.3) is 0 Å². The van der Waals surface area contributed by atoms with Crippen molar-refractivity contribution in [1.82, 2.24) is 14.7 Å². The van der Waals surface area contributed by atoms with Crippen molar-refractivity contribution in [2.45, 2.75) is 18.9 Å². The van der Waals surface area contributed by atoms with Crippen LogP contribution in [0.1, 0.15) is 16.7 Å². The molecule has 0 atom stereocenters. The molecule has 4 heterocycles. The topological polar surface area (TPSA) is 9.72 Å². The highest BCUT2D eigenvalue weighted by Gasteiger charge is 2.48. The Labute approximate surface area is 140 Å². The lowest BCUT2D eigenvalue weighted by Gasteiger charge is -2.60. The molecular formula is C15H17F6N4+. The fourth-order valence-corrected chi connectivity index (χ4v) is 4.31. The molecule has 5 rings (SSSR count). The predicted molar refractivity (Wildman–Crippen MR) is 75.1 cm³/mol. The molecule has 10 heteroatoms. The lowest BCUT2D eigenvalue weighted by Crippen LogP contribution is -2.78. The minimum absolute atomic E-state index is 0.0766. The maximum atomic E-state index is 13.0. The van der Waals surface area contributed by atoms with Crippen molar-refractivity contribution >= 4 is 0 Å². The quantitative estimate of drug-likeness (QED) is 0.588. The van der Waals surface area contributed by atoms with E-state index in [-0.39, 0.29) is 18.2 Å². The molecule has 4 saturated heterocycles. The minimum Gasteiger partial charge on any atom is -0.282 e. The highest BCUT2D eigenvalue weighted by atomic mass is 19.4. The Morgan fingerprint density at radius 3 is 1.48 bits per heavy atom. The Balaban J connectivity index is 1.68. The van der Waals surface area contributed by atoms with Gasteiger partial charge in [0.2, 0.25) is 0 Å². The fourth-order valence-electron chi connectivity index (χ4n) is 4.31. The number of alkyl halides is 6. The molecule has 138 valence electrons. The van der Waals surface area contributed by atoms with Gasteiger partial charge in [0.15, 0.2) is 0 Å². The highest BCUT2D eigenvalue weighted by Crippen LogP contribution is 2.38. The molecule has 0 saturated carbocycles. The second-order valence-corrected chi connectivity index (χ2v) is 7.27. The summed E-state index contributed by atoms with van der Waals surface area (Å²) in [5, 5.41) is 0. The largest absolute Gasteiger partial charge is 0.416 e. The number of rotatable bonds is 2. The molecule has 1 aromatic rings. The van der Waals surface area contributed by atoms with Crippen molar-refractivity contribution in [2.24, 2.45) is 0 Å². The van der Waals surface area contributed by atoms with Crippen LogP contribution in [0.25, 0.3) is 0 Å². The zero-order valence-corrected chi connectivity index (χ0v) is 13.2. The molecule has 1 aromatic carbocycles. The van der Waals surface area contributed by atoms with Crippen molar-refractivity contribution in [2.75, 3.05) is 40.0 Å². The Hall–Kier alpha value is -1.36. The van der Waals surface area contributed by atoms with Crippen molar-refractivity contribution in [3.05, 3.63) is 34.9 Å². The van der Waals surface area contributed by atoms with Gasteiger partial charge in [-0.25, -0.2) is 14.7 Å².